The second kappa shape index (κ2) is 8.09. The van der Waals surface area contributed by atoms with Crippen LogP contribution in [0.3, 0.4) is 0 Å². The van der Waals surface area contributed by atoms with Crippen molar-refractivity contribution >= 4 is 11.5 Å². The zero-order chi connectivity index (χ0) is 20.6. The van der Waals surface area contributed by atoms with Crippen molar-refractivity contribution in [2.45, 2.75) is 77.7 Å². The van der Waals surface area contributed by atoms with Gasteiger partial charge in [0.1, 0.15) is 12.4 Å². The van der Waals surface area contributed by atoms with E-state index < -0.39 is 0 Å². The molecule has 0 bridgehead atoms. The van der Waals surface area contributed by atoms with Crippen LogP contribution in [0.1, 0.15) is 71.6 Å². The Bertz CT molecular complexity index is 680. The van der Waals surface area contributed by atoms with Crippen LogP contribution in [-0.4, -0.2) is 37.7 Å². The van der Waals surface area contributed by atoms with Gasteiger partial charge in [0.15, 0.2) is 0 Å². The molecule has 0 heterocycles. The van der Waals surface area contributed by atoms with Gasteiger partial charge in [-0.2, -0.15) is 4.91 Å². The summed E-state index contributed by atoms with van der Waals surface area (Å²) in [6, 6.07) is -0.158. The standard InChI is InChI=1S/C23H37N3O3/c1-22-9-7-15(26-29-12-4-11-24-3)13-19(22)20(25-28)14-16-17-5-6-21(27)23(17,2)10-8-18(16)22/h16-20,24H,4-14H2,1-3H3/t16-,17-,18-,19?,20?,22+,23-/m0/s1. The highest BCUT2D eigenvalue weighted by molar-refractivity contribution is 5.87. The normalized spacial score (nSPS) is 45.4. The Balaban J connectivity index is 1.51. The van der Waals surface area contributed by atoms with Crippen LogP contribution < -0.4 is 5.32 Å². The number of nitrogens with one attached hydrogen (secondary N) is 1. The van der Waals surface area contributed by atoms with E-state index in [1.807, 2.05) is 7.05 Å². The van der Waals surface area contributed by atoms with Crippen LogP contribution in [0, 0.1) is 39.4 Å². The second-order valence-corrected chi connectivity index (χ2v) is 10.5. The minimum absolute atomic E-state index is 0.125. The monoisotopic (exact) mass is 403 g/mol. The average molecular weight is 404 g/mol. The topological polar surface area (TPSA) is 80.1 Å². The number of fused-ring (bicyclic) bond motifs is 5. The maximum atomic E-state index is 12.6. The molecule has 0 aromatic heterocycles. The first kappa shape index (κ1) is 21.0. The van der Waals surface area contributed by atoms with Crippen molar-refractivity contribution in [1.29, 1.82) is 0 Å². The molecule has 0 saturated heterocycles. The summed E-state index contributed by atoms with van der Waals surface area (Å²) in [6.07, 6.45) is 8.53. The van der Waals surface area contributed by atoms with E-state index in [0.717, 1.165) is 70.0 Å². The van der Waals surface area contributed by atoms with Gasteiger partial charge in [-0.1, -0.05) is 24.2 Å². The van der Waals surface area contributed by atoms with Crippen LogP contribution in [0.5, 0.6) is 0 Å². The lowest BCUT2D eigenvalue weighted by molar-refractivity contribution is -0.138. The fourth-order valence-corrected chi connectivity index (χ4v) is 7.52. The Labute approximate surface area is 174 Å². The molecule has 2 unspecified atom stereocenters. The largest absolute Gasteiger partial charge is 0.396 e. The smallest absolute Gasteiger partial charge is 0.139 e. The molecule has 4 rings (SSSR count). The molecule has 29 heavy (non-hydrogen) atoms. The van der Waals surface area contributed by atoms with Crippen molar-refractivity contribution in [3.05, 3.63) is 4.91 Å². The number of nitroso groups, excluding NO2 is 1. The van der Waals surface area contributed by atoms with Gasteiger partial charge in [-0.25, -0.2) is 0 Å². The van der Waals surface area contributed by atoms with Crippen LogP contribution in [0.4, 0.5) is 0 Å². The van der Waals surface area contributed by atoms with Crippen LogP contribution in [0.15, 0.2) is 10.3 Å². The van der Waals surface area contributed by atoms with Crippen molar-refractivity contribution in [1.82, 2.24) is 5.32 Å². The third-order valence-electron chi connectivity index (χ3n) is 9.22. The van der Waals surface area contributed by atoms with Gasteiger partial charge >= 0.3 is 0 Å². The first-order valence-electron chi connectivity index (χ1n) is 11.6. The lowest BCUT2D eigenvalue weighted by Crippen LogP contribution is -2.57. The molecule has 4 aliphatic carbocycles. The van der Waals surface area contributed by atoms with Gasteiger partial charge in [0.05, 0.1) is 11.8 Å². The number of carbonyl (C=O) groups is 1. The fraction of sp³-hybridized carbons (Fsp3) is 0.913. The summed E-state index contributed by atoms with van der Waals surface area (Å²) in [5, 5.41) is 11.2. The quantitative estimate of drug-likeness (QED) is 0.407. The van der Waals surface area contributed by atoms with Crippen molar-refractivity contribution in [3.8, 4) is 0 Å². The van der Waals surface area contributed by atoms with Crippen molar-refractivity contribution in [2.75, 3.05) is 20.2 Å². The maximum Gasteiger partial charge on any atom is 0.139 e. The summed E-state index contributed by atoms with van der Waals surface area (Å²) in [6.45, 7) is 6.14. The Kier molecular flexibility index (Phi) is 5.84. The third-order valence-corrected chi connectivity index (χ3v) is 9.22. The molecule has 0 aromatic rings. The molecule has 1 N–H and O–H groups in total. The first-order valence-corrected chi connectivity index (χ1v) is 11.6. The zero-order valence-corrected chi connectivity index (χ0v) is 18.3. The summed E-state index contributed by atoms with van der Waals surface area (Å²) in [5.41, 5.74) is 1.07. The van der Waals surface area contributed by atoms with Crippen LogP contribution in [-0.2, 0) is 9.63 Å². The summed E-state index contributed by atoms with van der Waals surface area (Å²) in [7, 11) is 1.94. The average Bonchev–Trinajstić information content (AvgIpc) is 3.02. The Morgan fingerprint density at radius 2 is 1.97 bits per heavy atom. The minimum atomic E-state index is -0.158. The van der Waals surface area contributed by atoms with Gasteiger partial charge in [0.25, 0.3) is 0 Å². The van der Waals surface area contributed by atoms with Crippen LogP contribution >= 0.6 is 0 Å². The zero-order valence-electron chi connectivity index (χ0n) is 18.3. The Morgan fingerprint density at radius 1 is 1.14 bits per heavy atom. The molecule has 0 amide bonds. The van der Waals surface area contributed by atoms with Gasteiger partial charge < -0.3 is 10.2 Å². The molecule has 4 aliphatic rings. The van der Waals surface area contributed by atoms with E-state index in [4.69, 9.17) is 4.84 Å². The van der Waals surface area contributed by atoms with Crippen molar-refractivity contribution in [3.63, 3.8) is 0 Å². The number of Topliss-reactive ketones (excluding diaryl/α,β-unsaturated/α-hetero) is 1. The summed E-state index contributed by atoms with van der Waals surface area (Å²) in [5.74, 6) is 2.24. The van der Waals surface area contributed by atoms with E-state index in [2.05, 4.69) is 29.5 Å². The highest BCUT2D eigenvalue weighted by Crippen LogP contribution is 2.65. The minimum Gasteiger partial charge on any atom is -0.396 e. The van der Waals surface area contributed by atoms with E-state index in [9.17, 15) is 9.70 Å². The highest BCUT2D eigenvalue weighted by Gasteiger charge is 2.62. The lowest BCUT2D eigenvalue weighted by Gasteiger charge is -2.60. The molecular formula is C23H37N3O3. The van der Waals surface area contributed by atoms with E-state index in [1.54, 1.807) is 0 Å². The van der Waals surface area contributed by atoms with Crippen molar-refractivity contribution in [2.24, 2.45) is 44.8 Å². The third kappa shape index (κ3) is 3.45. The van der Waals surface area contributed by atoms with Gasteiger partial charge in [-0.05, 0) is 94.0 Å². The van der Waals surface area contributed by atoms with E-state index >= 15 is 0 Å². The molecule has 6 heteroatoms. The number of oxime groups is 1. The first-order chi connectivity index (χ1) is 13.9. The van der Waals surface area contributed by atoms with E-state index in [0.29, 0.717) is 30.1 Å². The summed E-state index contributed by atoms with van der Waals surface area (Å²) >= 11 is 0. The number of nitrogens with zero attached hydrogens (tertiary/aromatic N) is 2. The van der Waals surface area contributed by atoms with Crippen LogP contribution in [0.25, 0.3) is 0 Å². The Hall–Kier alpha value is -1.30. The molecule has 162 valence electrons. The van der Waals surface area contributed by atoms with Crippen molar-refractivity contribution < 1.29 is 9.63 Å². The van der Waals surface area contributed by atoms with Gasteiger partial charge in [0.2, 0.25) is 0 Å². The van der Waals surface area contributed by atoms with E-state index in [-0.39, 0.29) is 22.8 Å². The number of carbonyl (C=O) groups excluding carboxylic acids is 1. The molecule has 0 radical (unpaired) electrons. The molecule has 4 saturated carbocycles. The molecule has 4 fully saturated rings. The molecule has 0 spiro atoms. The van der Waals surface area contributed by atoms with Crippen LogP contribution in [0.2, 0.25) is 0 Å². The lowest BCUT2D eigenvalue weighted by atomic mass is 9.44. The molecule has 0 aromatic carbocycles. The van der Waals surface area contributed by atoms with Gasteiger partial charge in [-0.3, -0.25) is 4.79 Å². The Morgan fingerprint density at radius 3 is 2.72 bits per heavy atom. The van der Waals surface area contributed by atoms with E-state index in [1.165, 1.54) is 0 Å². The number of hydrogen-bond donors (Lipinski definition) is 1. The molecular weight excluding hydrogens is 366 g/mol. The fourth-order valence-electron chi connectivity index (χ4n) is 7.52. The summed E-state index contributed by atoms with van der Waals surface area (Å²) in [4.78, 5) is 30.1. The predicted octanol–water partition coefficient (Wildman–Crippen LogP) is 4.33. The van der Waals surface area contributed by atoms with Gasteiger partial charge in [-0.15, -0.1) is 0 Å². The number of rotatable bonds is 6. The second-order valence-electron chi connectivity index (χ2n) is 10.5. The SMILES string of the molecule is CNCCCON=C1CC[C@@]2(C)C(C1)C(N=O)C[C@@H]1[C@@H]2CC[C@]2(C)C(=O)CC[C@@H]12. The summed E-state index contributed by atoms with van der Waals surface area (Å²) < 4.78 is 0. The molecule has 6 nitrogen and oxygen atoms in total. The predicted molar refractivity (Wildman–Crippen MR) is 114 cm³/mol. The number of ketones is 1. The molecule has 7 atom stereocenters. The highest BCUT2D eigenvalue weighted by atomic mass is 16.6. The molecule has 0 aliphatic heterocycles. The van der Waals surface area contributed by atoms with Gasteiger partial charge in [0, 0.05) is 11.8 Å². The maximum absolute atomic E-state index is 12.6. The number of hydrogen-bond acceptors (Lipinski definition) is 6.